The van der Waals surface area contributed by atoms with Gasteiger partial charge in [-0.2, -0.15) is 0 Å². The van der Waals surface area contributed by atoms with Crippen LogP contribution in [0.1, 0.15) is 44.2 Å². The first-order valence-corrected chi connectivity index (χ1v) is 11.0. The molecule has 1 unspecified atom stereocenters. The van der Waals surface area contributed by atoms with Crippen molar-refractivity contribution in [2.24, 2.45) is 5.92 Å². The minimum atomic E-state index is -0.838. The third-order valence-electron chi connectivity index (χ3n) is 8.38. The molecule has 2 bridgehead atoms. The lowest BCUT2D eigenvalue weighted by molar-refractivity contribution is -0.204. The number of nitrogens with one attached hydrogen (secondary N) is 1. The molecule has 7 nitrogen and oxygen atoms in total. The minimum Gasteiger partial charge on any atom is -0.504 e. The summed E-state index contributed by atoms with van der Waals surface area (Å²) in [6, 6.07) is 3.21. The van der Waals surface area contributed by atoms with Gasteiger partial charge in [-0.25, -0.2) is 0 Å². The summed E-state index contributed by atoms with van der Waals surface area (Å²) in [6.07, 6.45) is 3.05. The maximum atomic E-state index is 11.9. The van der Waals surface area contributed by atoms with Crippen LogP contribution in [0.2, 0.25) is 0 Å². The fourth-order valence-corrected chi connectivity index (χ4v) is 7.09. The van der Waals surface area contributed by atoms with Gasteiger partial charge in [-0.3, -0.25) is 10.1 Å². The molecule has 1 saturated carbocycles. The van der Waals surface area contributed by atoms with Crippen molar-refractivity contribution in [2.75, 3.05) is 20.7 Å². The highest BCUT2D eigenvalue weighted by Crippen LogP contribution is 2.66. The molecular weight excluding hydrogens is 384 g/mol. The number of carboxylic acid groups (broad SMARTS) is 1. The second kappa shape index (κ2) is 6.58. The number of piperidine rings is 1. The van der Waals surface area contributed by atoms with Crippen LogP contribution >= 0.6 is 0 Å². The second-order valence-corrected chi connectivity index (χ2v) is 9.87. The third-order valence-corrected chi connectivity index (χ3v) is 8.38. The van der Waals surface area contributed by atoms with E-state index >= 15 is 0 Å². The molecule has 2 aliphatic heterocycles. The van der Waals surface area contributed by atoms with Gasteiger partial charge in [0.05, 0.1) is 11.0 Å². The molecule has 7 heteroatoms. The van der Waals surface area contributed by atoms with E-state index in [1.807, 2.05) is 19.9 Å². The number of carbonyl (C=O) groups is 1. The zero-order chi connectivity index (χ0) is 21.4. The number of benzene rings is 1. The summed E-state index contributed by atoms with van der Waals surface area (Å²) in [5.74, 6) is -0.141. The van der Waals surface area contributed by atoms with Crippen molar-refractivity contribution in [3.05, 3.63) is 23.3 Å². The van der Waals surface area contributed by atoms with Crippen molar-refractivity contribution in [3.63, 3.8) is 0 Å². The summed E-state index contributed by atoms with van der Waals surface area (Å²) in [5.41, 5.74) is 1.51. The van der Waals surface area contributed by atoms with Crippen LogP contribution in [0.5, 0.6) is 11.5 Å². The highest BCUT2D eigenvalue weighted by atomic mass is 16.5. The Balaban J connectivity index is 1.67. The number of phenols is 1. The molecule has 1 saturated heterocycles. The first kappa shape index (κ1) is 20.1. The van der Waals surface area contributed by atoms with Gasteiger partial charge in [0.25, 0.3) is 0 Å². The number of likely N-dealkylation sites (tertiary alicyclic amines) is 1. The maximum Gasteiger partial charge on any atom is 0.320 e. The Morgan fingerprint density at radius 2 is 2.13 bits per heavy atom. The van der Waals surface area contributed by atoms with Crippen LogP contribution in [0.15, 0.2) is 12.1 Å². The van der Waals surface area contributed by atoms with Crippen molar-refractivity contribution in [1.29, 1.82) is 0 Å². The zero-order valence-electron chi connectivity index (χ0n) is 18.1. The Bertz CT molecular complexity index is 889. The summed E-state index contributed by atoms with van der Waals surface area (Å²) < 4.78 is 13.0. The van der Waals surface area contributed by atoms with Crippen molar-refractivity contribution >= 4 is 5.97 Å². The molecule has 0 radical (unpaired) electrons. The van der Waals surface area contributed by atoms with Gasteiger partial charge in [0.1, 0.15) is 12.1 Å². The number of likely N-dealkylation sites (N-methyl/N-ethyl adjacent to an activating group) is 1. The monoisotopic (exact) mass is 416 g/mol. The van der Waals surface area contributed by atoms with Gasteiger partial charge >= 0.3 is 5.97 Å². The number of aliphatic carboxylic acids is 1. The average Bonchev–Trinajstić information content (AvgIpc) is 3.06. The molecule has 2 heterocycles. The molecule has 3 N–H and O–H groups in total. The number of rotatable bonds is 5. The number of ether oxygens (including phenoxy) is 2. The maximum absolute atomic E-state index is 11.9. The minimum absolute atomic E-state index is 0.0431. The van der Waals surface area contributed by atoms with Crippen LogP contribution in [0, 0.1) is 5.92 Å². The summed E-state index contributed by atoms with van der Waals surface area (Å²) in [4.78, 5) is 14.3. The molecule has 164 valence electrons. The molecule has 6 atom stereocenters. The van der Waals surface area contributed by atoms with Crippen molar-refractivity contribution in [1.82, 2.24) is 10.2 Å². The number of aromatic hydroxyl groups is 1. The Labute approximate surface area is 177 Å². The highest BCUT2D eigenvalue weighted by Gasteiger charge is 2.73. The van der Waals surface area contributed by atoms with E-state index in [1.54, 1.807) is 13.2 Å². The van der Waals surface area contributed by atoms with Crippen LogP contribution in [0.3, 0.4) is 0 Å². The fourth-order valence-electron chi connectivity index (χ4n) is 7.09. The van der Waals surface area contributed by atoms with Gasteiger partial charge in [0.15, 0.2) is 11.5 Å². The second-order valence-electron chi connectivity index (χ2n) is 9.87. The van der Waals surface area contributed by atoms with Crippen molar-refractivity contribution in [2.45, 2.75) is 74.8 Å². The molecule has 30 heavy (non-hydrogen) atoms. The third kappa shape index (κ3) is 2.29. The van der Waals surface area contributed by atoms with Gasteiger partial charge < -0.3 is 24.6 Å². The van der Waals surface area contributed by atoms with E-state index in [-0.39, 0.29) is 29.9 Å². The largest absolute Gasteiger partial charge is 0.504 e. The van der Waals surface area contributed by atoms with Crippen LogP contribution in [0.4, 0.5) is 0 Å². The molecule has 1 aromatic carbocycles. The van der Waals surface area contributed by atoms with Gasteiger partial charge in [0.2, 0.25) is 0 Å². The van der Waals surface area contributed by atoms with E-state index in [9.17, 15) is 15.0 Å². The number of hydrogen-bond acceptors (Lipinski definition) is 6. The van der Waals surface area contributed by atoms with Crippen molar-refractivity contribution in [3.8, 4) is 11.5 Å². The fraction of sp³-hybridized carbons (Fsp3) is 0.696. The predicted octanol–water partition coefficient (Wildman–Crippen LogP) is 1.90. The van der Waals surface area contributed by atoms with E-state index in [0.29, 0.717) is 5.75 Å². The van der Waals surface area contributed by atoms with E-state index < -0.39 is 23.0 Å². The van der Waals surface area contributed by atoms with Gasteiger partial charge in [0, 0.05) is 24.8 Å². The molecular formula is C23H32N2O5. The Hall–Kier alpha value is -1.83. The van der Waals surface area contributed by atoms with Crippen LogP contribution in [0.25, 0.3) is 0 Å². The summed E-state index contributed by atoms with van der Waals surface area (Å²) in [7, 11) is 3.97. The smallest absolute Gasteiger partial charge is 0.320 e. The van der Waals surface area contributed by atoms with E-state index in [0.717, 1.165) is 37.8 Å². The number of methoxy groups -OCH3 is 1. The van der Waals surface area contributed by atoms with Crippen LogP contribution < -0.4 is 10.1 Å². The molecule has 1 aromatic rings. The Kier molecular flexibility index (Phi) is 4.41. The molecule has 2 fully saturated rings. The summed E-state index contributed by atoms with van der Waals surface area (Å²) in [6.45, 7) is 4.77. The number of hydrogen-bond donors (Lipinski definition) is 3. The van der Waals surface area contributed by atoms with Crippen LogP contribution in [-0.2, 0) is 21.4 Å². The van der Waals surface area contributed by atoms with Gasteiger partial charge in [-0.15, -0.1) is 0 Å². The molecule has 5 rings (SSSR count). The van der Waals surface area contributed by atoms with E-state index in [1.165, 1.54) is 5.56 Å². The number of nitrogens with zero attached hydrogens (tertiary/aromatic N) is 1. The molecule has 2 aliphatic carbocycles. The summed E-state index contributed by atoms with van der Waals surface area (Å²) in [5, 5.41) is 23.9. The molecule has 0 amide bonds. The van der Waals surface area contributed by atoms with Gasteiger partial charge in [-0.1, -0.05) is 19.9 Å². The SMILES string of the molecule is CO[C@@]12CC[C@H](N[C@@H](C(=O)O)C(C)C)[C@@H]3Oc4c(O)ccc5c4[C@@]31CCN(C)C2C5. The lowest BCUT2D eigenvalue weighted by Gasteiger charge is -2.65. The Morgan fingerprint density at radius 1 is 1.37 bits per heavy atom. The first-order valence-electron chi connectivity index (χ1n) is 11.0. The predicted molar refractivity (Wildman–Crippen MR) is 111 cm³/mol. The van der Waals surface area contributed by atoms with E-state index in [4.69, 9.17) is 9.47 Å². The van der Waals surface area contributed by atoms with Crippen LogP contribution in [-0.4, -0.2) is 71.6 Å². The zero-order valence-corrected chi connectivity index (χ0v) is 18.1. The molecule has 0 aromatic heterocycles. The first-order chi connectivity index (χ1) is 14.3. The van der Waals surface area contributed by atoms with E-state index in [2.05, 4.69) is 17.3 Å². The quantitative estimate of drug-likeness (QED) is 0.675. The van der Waals surface area contributed by atoms with Gasteiger partial charge in [-0.05, 0) is 56.8 Å². The summed E-state index contributed by atoms with van der Waals surface area (Å²) >= 11 is 0. The lowest BCUT2D eigenvalue weighted by Crippen LogP contribution is -2.78. The average molecular weight is 417 g/mol. The molecule has 4 aliphatic rings. The standard InChI is InChI=1S/C23H32N2O5/c1-12(2)18(21(27)28)24-14-7-8-23(29-4)16-11-13-5-6-15(26)19-17(13)22(23,20(14)30-19)9-10-25(16)3/h5-6,12,14,16,18,20,24,26H,7-11H2,1-4H3,(H,27,28)/t14-,16?,18+,20-,22-,23+/m0/s1. The highest BCUT2D eigenvalue weighted by molar-refractivity contribution is 5.74. The molecule has 1 spiro atoms. The topological polar surface area (TPSA) is 91.3 Å². The number of phenolic OH excluding ortho intramolecular Hbond substituents is 1. The normalized spacial score (nSPS) is 37.6. The Morgan fingerprint density at radius 3 is 2.80 bits per heavy atom. The lowest BCUT2D eigenvalue weighted by atomic mass is 9.48. The number of carboxylic acids is 1. The van der Waals surface area contributed by atoms with Crippen molar-refractivity contribution < 1.29 is 24.5 Å².